The fraction of sp³-hybridized carbons (Fsp3) is 0.474. The van der Waals surface area contributed by atoms with Gasteiger partial charge in [0.2, 0.25) is 0 Å². The van der Waals surface area contributed by atoms with E-state index >= 15 is 0 Å². The zero-order valence-corrected chi connectivity index (χ0v) is 15.1. The van der Waals surface area contributed by atoms with Gasteiger partial charge in [0, 0.05) is 45.8 Å². The molecule has 3 rings (SSSR count). The van der Waals surface area contributed by atoms with Crippen LogP contribution in [0.3, 0.4) is 0 Å². The number of hydrogen-bond donors (Lipinski definition) is 1. The molecular weight excluding hydrogens is 298 g/mol. The van der Waals surface area contributed by atoms with Crippen molar-refractivity contribution in [1.82, 2.24) is 14.9 Å². The Hall–Kier alpha value is -2.14. The lowest BCUT2D eigenvalue weighted by Gasteiger charge is -2.19. The molecule has 1 aliphatic heterocycles. The van der Waals surface area contributed by atoms with Gasteiger partial charge in [-0.3, -0.25) is 4.90 Å². The predicted octanol–water partition coefficient (Wildman–Crippen LogP) is 2.85. The smallest absolute Gasteiger partial charge is 0.133 e. The molecule has 1 aromatic heterocycles. The summed E-state index contributed by atoms with van der Waals surface area (Å²) in [6, 6.07) is 9.19. The number of nitrogens with one attached hydrogen (secondary N) is 1. The topological polar surface area (TPSA) is 44.3 Å². The standard InChI is InChI=1S/C19H27N5/c1-14-5-6-16(15(2)9-14)11-24-8-7-17(12-24)22-18-10-19(23(3)4)21-13-20-18/h5-6,9-10,13,17H,7-8,11-12H2,1-4H3,(H,20,21,22). The Balaban J connectivity index is 1.58. The van der Waals surface area contributed by atoms with Gasteiger partial charge in [0.1, 0.15) is 18.0 Å². The van der Waals surface area contributed by atoms with E-state index in [0.29, 0.717) is 6.04 Å². The van der Waals surface area contributed by atoms with Crippen LogP contribution in [0.15, 0.2) is 30.6 Å². The maximum atomic E-state index is 4.35. The SMILES string of the molecule is Cc1ccc(CN2CCC(Nc3cc(N(C)C)ncn3)C2)c(C)c1. The van der Waals surface area contributed by atoms with Gasteiger partial charge < -0.3 is 10.2 Å². The molecule has 0 spiro atoms. The molecule has 0 radical (unpaired) electrons. The Morgan fingerprint density at radius 3 is 2.79 bits per heavy atom. The minimum Gasteiger partial charge on any atom is -0.366 e. The van der Waals surface area contributed by atoms with E-state index in [9.17, 15) is 0 Å². The summed E-state index contributed by atoms with van der Waals surface area (Å²) in [5.74, 6) is 1.84. The Morgan fingerprint density at radius 1 is 1.21 bits per heavy atom. The highest BCUT2D eigenvalue weighted by Crippen LogP contribution is 2.20. The van der Waals surface area contributed by atoms with Crippen LogP contribution in [0.25, 0.3) is 0 Å². The minimum atomic E-state index is 0.445. The summed E-state index contributed by atoms with van der Waals surface area (Å²) in [5, 5.41) is 3.56. The van der Waals surface area contributed by atoms with E-state index in [1.54, 1.807) is 6.33 Å². The maximum absolute atomic E-state index is 4.35. The van der Waals surface area contributed by atoms with Gasteiger partial charge in [-0.25, -0.2) is 9.97 Å². The third-order valence-electron chi connectivity index (χ3n) is 4.63. The maximum Gasteiger partial charge on any atom is 0.133 e. The first-order chi connectivity index (χ1) is 11.5. The lowest BCUT2D eigenvalue weighted by Crippen LogP contribution is -2.26. The first kappa shape index (κ1) is 16.7. The molecule has 0 saturated carbocycles. The quantitative estimate of drug-likeness (QED) is 0.916. The third-order valence-corrected chi connectivity index (χ3v) is 4.63. The normalized spacial score (nSPS) is 17.9. The van der Waals surface area contributed by atoms with Crippen LogP contribution in [0.5, 0.6) is 0 Å². The molecule has 2 aromatic rings. The largest absolute Gasteiger partial charge is 0.366 e. The predicted molar refractivity (Wildman–Crippen MR) is 99.6 cm³/mol. The average molecular weight is 325 g/mol. The molecule has 1 aliphatic rings. The first-order valence-corrected chi connectivity index (χ1v) is 8.55. The van der Waals surface area contributed by atoms with Crippen molar-refractivity contribution in [3.05, 3.63) is 47.3 Å². The van der Waals surface area contributed by atoms with Gasteiger partial charge in [-0.05, 0) is 31.4 Å². The lowest BCUT2D eigenvalue weighted by molar-refractivity contribution is 0.328. The van der Waals surface area contributed by atoms with Crippen LogP contribution in [0.4, 0.5) is 11.6 Å². The second-order valence-electron chi connectivity index (χ2n) is 6.95. The van der Waals surface area contributed by atoms with E-state index in [0.717, 1.165) is 37.7 Å². The fourth-order valence-electron chi connectivity index (χ4n) is 3.24. The van der Waals surface area contributed by atoms with Crippen molar-refractivity contribution in [3.63, 3.8) is 0 Å². The first-order valence-electron chi connectivity index (χ1n) is 8.55. The van der Waals surface area contributed by atoms with Crippen LogP contribution in [0.2, 0.25) is 0 Å². The molecule has 2 heterocycles. The summed E-state index contributed by atoms with van der Waals surface area (Å²) in [4.78, 5) is 13.1. The van der Waals surface area contributed by atoms with E-state index in [4.69, 9.17) is 0 Å². The molecule has 128 valence electrons. The van der Waals surface area contributed by atoms with E-state index in [-0.39, 0.29) is 0 Å². The second kappa shape index (κ2) is 7.18. The summed E-state index contributed by atoms with van der Waals surface area (Å²) in [5.41, 5.74) is 4.15. The van der Waals surface area contributed by atoms with Crippen molar-refractivity contribution >= 4 is 11.6 Å². The van der Waals surface area contributed by atoms with Gasteiger partial charge >= 0.3 is 0 Å². The lowest BCUT2D eigenvalue weighted by atomic mass is 10.1. The molecule has 5 heteroatoms. The van der Waals surface area contributed by atoms with E-state index < -0.39 is 0 Å². The highest BCUT2D eigenvalue weighted by atomic mass is 15.2. The molecule has 1 unspecified atom stereocenters. The Morgan fingerprint density at radius 2 is 2.04 bits per heavy atom. The molecule has 0 aliphatic carbocycles. The Bertz CT molecular complexity index is 698. The Kier molecular flexibility index (Phi) is 5.00. The third kappa shape index (κ3) is 4.03. The van der Waals surface area contributed by atoms with Crippen LogP contribution >= 0.6 is 0 Å². The molecule has 5 nitrogen and oxygen atoms in total. The molecule has 1 N–H and O–H groups in total. The molecule has 1 atom stereocenters. The van der Waals surface area contributed by atoms with Crippen molar-refractivity contribution in [3.8, 4) is 0 Å². The van der Waals surface area contributed by atoms with Crippen LogP contribution in [-0.4, -0.2) is 48.1 Å². The molecule has 1 fully saturated rings. The summed E-state index contributed by atoms with van der Waals surface area (Å²) in [7, 11) is 3.99. The molecule has 1 saturated heterocycles. The highest BCUT2D eigenvalue weighted by Gasteiger charge is 2.23. The zero-order chi connectivity index (χ0) is 17.1. The summed E-state index contributed by atoms with van der Waals surface area (Å²) in [6.07, 6.45) is 2.77. The second-order valence-corrected chi connectivity index (χ2v) is 6.95. The Labute approximate surface area is 144 Å². The van der Waals surface area contributed by atoms with Crippen molar-refractivity contribution in [2.24, 2.45) is 0 Å². The summed E-state index contributed by atoms with van der Waals surface area (Å²) in [6.45, 7) is 7.55. The van der Waals surface area contributed by atoms with Crippen molar-refractivity contribution in [2.45, 2.75) is 32.9 Å². The number of hydrogen-bond acceptors (Lipinski definition) is 5. The number of benzene rings is 1. The van der Waals surface area contributed by atoms with Gasteiger partial charge in [0.15, 0.2) is 0 Å². The summed E-state index contributed by atoms with van der Waals surface area (Å²) >= 11 is 0. The monoisotopic (exact) mass is 325 g/mol. The van der Waals surface area contributed by atoms with Crippen LogP contribution in [0.1, 0.15) is 23.1 Å². The van der Waals surface area contributed by atoms with Crippen molar-refractivity contribution in [1.29, 1.82) is 0 Å². The van der Waals surface area contributed by atoms with E-state index in [1.165, 1.54) is 16.7 Å². The number of likely N-dealkylation sites (tertiary alicyclic amines) is 1. The number of aromatic nitrogens is 2. The minimum absolute atomic E-state index is 0.445. The molecule has 1 aromatic carbocycles. The van der Waals surface area contributed by atoms with E-state index in [1.807, 2.05) is 25.1 Å². The fourth-order valence-corrected chi connectivity index (χ4v) is 3.24. The molecule has 0 bridgehead atoms. The van der Waals surface area contributed by atoms with Gasteiger partial charge in [-0.15, -0.1) is 0 Å². The van der Waals surface area contributed by atoms with Gasteiger partial charge in [0.25, 0.3) is 0 Å². The molecular formula is C19H27N5. The summed E-state index contributed by atoms with van der Waals surface area (Å²) < 4.78 is 0. The number of nitrogens with zero attached hydrogens (tertiary/aromatic N) is 4. The van der Waals surface area contributed by atoms with E-state index in [2.05, 4.69) is 52.2 Å². The molecule has 0 amide bonds. The number of anilines is 2. The number of aryl methyl sites for hydroxylation is 2. The molecule has 24 heavy (non-hydrogen) atoms. The van der Waals surface area contributed by atoms with Gasteiger partial charge in [0.05, 0.1) is 0 Å². The zero-order valence-electron chi connectivity index (χ0n) is 15.1. The van der Waals surface area contributed by atoms with Crippen LogP contribution in [-0.2, 0) is 6.54 Å². The van der Waals surface area contributed by atoms with Gasteiger partial charge in [-0.2, -0.15) is 0 Å². The van der Waals surface area contributed by atoms with Crippen molar-refractivity contribution in [2.75, 3.05) is 37.4 Å². The van der Waals surface area contributed by atoms with Crippen molar-refractivity contribution < 1.29 is 0 Å². The average Bonchev–Trinajstić information content (AvgIpc) is 2.97. The number of rotatable bonds is 5. The van der Waals surface area contributed by atoms with Crippen LogP contribution in [0, 0.1) is 13.8 Å². The van der Waals surface area contributed by atoms with Gasteiger partial charge in [-0.1, -0.05) is 23.8 Å². The van der Waals surface area contributed by atoms with Crippen LogP contribution < -0.4 is 10.2 Å². The highest BCUT2D eigenvalue weighted by molar-refractivity contribution is 5.48.